The van der Waals surface area contributed by atoms with Crippen LogP contribution in [-0.4, -0.2) is 4.98 Å². The molecule has 0 fully saturated rings. The molecule has 9 heteroatoms. The van der Waals surface area contributed by atoms with Gasteiger partial charge in [-0.25, -0.2) is 0 Å². The Morgan fingerprint density at radius 2 is 1.43 bits per heavy atom. The minimum atomic E-state index is -4.65. The highest BCUT2D eigenvalue weighted by atomic mass is 35.5. The van der Waals surface area contributed by atoms with Gasteiger partial charge in [0.15, 0.2) is 0 Å². The van der Waals surface area contributed by atoms with Crippen LogP contribution in [0.15, 0.2) is 42.6 Å². The van der Waals surface area contributed by atoms with Crippen LogP contribution in [0.4, 0.5) is 26.3 Å². The summed E-state index contributed by atoms with van der Waals surface area (Å²) in [5, 5.41) is 0. The number of nitrogens with two attached hydrogens (primary N) is 1. The highest BCUT2D eigenvalue weighted by Crippen LogP contribution is 2.35. The van der Waals surface area contributed by atoms with Crippen LogP contribution in [-0.2, 0) is 12.4 Å². The van der Waals surface area contributed by atoms with E-state index >= 15 is 0 Å². The minimum Gasteiger partial charge on any atom is -0.319 e. The highest BCUT2D eigenvalue weighted by molar-refractivity contribution is 5.85. The molecule has 0 aliphatic heterocycles. The van der Waals surface area contributed by atoms with Gasteiger partial charge >= 0.3 is 12.4 Å². The lowest BCUT2D eigenvalue weighted by Gasteiger charge is -2.18. The number of benzene rings is 1. The van der Waals surface area contributed by atoms with E-state index in [-0.39, 0.29) is 18.0 Å². The molecule has 2 N–H and O–H groups in total. The van der Waals surface area contributed by atoms with Crippen molar-refractivity contribution >= 4 is 12.4 Å². The van der Waals surface area contributed by atoms with Crippen molar-refractivity contribution in [2.75, 3.05) is 0 Å². The Bertz CT molecular complexity index is 652. The molecule has 1 aromatic heterocycles. The average Bonchev–Trinajstić information content (AvgIpc) is 2.45. The van der Waals surface area contributed by atoms with Gasteiger partial charge in [0.05, 0.1) is 22.9 Å². The van der Waals surface area contributed by atoms with E-state index in [9.17, 15) is 26.3 Å². The fourth-order valence-electron chi connectivity index (χ4n) is 1.94. The Hall–Kier alpha value is -1.80. The van der Waals surface area contributed by atoms with Gasteiger partial charge in [0.1, 0.15) is 0 Å². The Morgan fingerprint density at radius 1 is 0.870 bits per heavy atom. The summed E-state index contributed by atoms with van der Waals surface area (Å²) in [6, 6.07) is 4.29. The van der Waals surface area contributed by atoms with E-state index in [1.165, 1.54) is 0 Å². The number of hydrogen-bond acceptors (Lipinski definition) is 2. The van der Waals surface area contributed by atoms with Crippen molar-refractivity contribution < 1.29 is 26.3 Å². The molecule has 0 bridgehead atoms. The van der Waals surface area contributed by atoms with E-state index in [2.05, 4.69) is 4.98 Å². The molecule has 2 rings (SSSR count). The smallest absolute Gasteiger partial charge is 0.319 e. The SMILES string of the molecule is Cl.N[C@@H](c1ccc(C(F)(F)F)cc1)c1ncccc1C(F)(F)F. The van der Waals surface area contributed by atoms with Crippen LogP contribution in [0.2, 0.25) is 0 Å². The van der Waals surface area contributed by atoms with Crippen LogP contribution in [0.1, 0.15) is 28.4 Å². The summed E-state index contributed by atoms with van der Waals surface area (Å²) < 4.78 is 76.1. The molecular weight excluding hydrogens is 346 g/mol. The Balaban J connectivity index is 0.00000264. The number of hydrogen-bond donors (Lipinski definition) is 1. The molecule has 1 heterocycles. The van der Waals surface area contributed by atoms with Crippen LogP contribution in [0.25, 0.3) is 0 Å². The highest BCUT2D eigenvalue weighted by Gasteiger charge is 2.36. The molecule has 0 aliphatic carbocycles. The van der Waals surface area contributed by atoms with Crippen LogP contribution in [0.5, 0.6) is 0 Å². The van der Waals surface area contributed by atoms with Gasteiger partial charge in [-0.3, -0.25) is 4.98 Å². The van der Waals surface area contributed by atoms with Crippen molar-refractivity contribution in [2.24, 2.45) is 5.73 Å². The van der Waals surface area contributed by atoms with Gasteiger partial charge in [0.2, 0.25) is 0 Å². The molecule has 2 aromatic rings. The zero-order chi connectivity index (χ0) is 16.5. The van der Waals surface area contributed by atoms with Gasteiger partial charge in [-0.15, -0.1) is 12.4 Å². The van der Waals surface area contributed by atoms with Gasteiger partial charge in [-0.05, 0) is 29.8 Å². The van der Waals surface area contributed by atoms with Crippen LogP contribution >= 0.6 is 12.4 Å². The third-order valence-electron chi connectivity index (χ3n) is 3.04. The quantitative estimate of drug-likeness (QED) is 0.799. The lowest BCUT2D eigenvalue weighted by molar-refractivity contribution is -0.139. The lowest BCUT2D eigenvalue weighted by Crippen LogP contribution is -2.20. The molecule has 126 valence electrons. The van der Waals surface area contributed by atoms with E-state index in [0.717, 1.165) is 42.6 Å². The van der Waals surface area contributed by atoms with E-state index in [1.807, 2.05) is 0 Å². The summed E-state index contributed by atoms with van der Waals surface area (Å²) in [5.41, 5.74) is 3.49. The maximum absolute atomic E-state index is 12.9. The standard InChI is InChI=1S/C14H10F6N2.ClH/c15-13(16,17)9-5-3-8(4-6-9)11(21)12-10(14(18,19)20)2-1-7-22-12;/h1-7,11H,21H2;1H/t11-;/m0./s1. The summed E-state index contributed by atoms with van der Waals surface area (Å²) in [4.78, 5) is 3.63. The zero-order valence-corrected chi connectivity index (χ0v) is 12.1. The normalized spacial score (nSPS) is 13.3. The summed E-state index contributed by atoms with van der Waals surface area (Å²) in [6.07, 6.45) is -8.02. The topological polar surface area (TPSA) is 38.9 Å². The van der Waals surface area contributed by atoms with Crippen molar-refractivity contribution in [1.29, 1.82) is 0 Å². The molecule has 0 unspecified atom stereocenters. The molecule has 1 aromatic carbocycles. The first kappa shape index (κ1) is 19.2. The summed E-state index contributed by atoms with van der Waals surface area (Å²) in [6.45, 7) is 0. The first-order valence-corrected chi connectivity index (χ1v) is 6.05. The van der Waals surface area contributed by atoms with Gasteiger partial charge in [-0.2, -0.15) is 26.3 Å². The van der Waals surface area contributed by atoms with E-state index in [1.54, 1.807) is 0 Å². The summed E-state index contributed by atoms with van der Waals surface area (Å²) >= 11 is 0. The van der Waals surface area contributed by atoms with Gasteiger partial charge < -0.3 is 5.73 Å². The van der Waals surface area contributed by atoms with E-state index in [0.29, 0.717) is 0 Å². The Kier molecular flexibility index (Phi) is 5.65. The van der Waals surface area contributed by atoms with E-state index < -0.39 is 35.2 Å². The lowest BCUT2D eigenvalue weighted by atomic mass is 9.99. The number of pyridine rings is 1. The second-order valence-electron chi connectivity index (χ2n) is 4.53. The molecule has 23 heavy (non-hydrogen) atoms. The number of halogens is 7. The fraction of sp³-hybridized carbons (Fsp3) is 0.214. The molecule has 0 saturated carbocycles. The van der Waals surface area contributed by atoms with Crippen LogP contribution in [0, 0.1) is 0 Å². The molecule has 0 aliphatic rings. The maximum atomic E-state index is 12.9. The van der Waals surface area contributed by atoms with Gasteiger partial charge in [0, 0.05) is 6.20 Å². The monoisotopic (exact) mass is 356 g/mol. The molecule has 1 atom stereocenters. The fourth-order valence-corrected chi connectivity index (χ4v) is 1.94. The number of aromatic nitrogens is 1. The number of alkyl halides is 6. The van der Waals surface area contributed by atoms with E-state index in [4.69, 9.17) is 5.73 Å². The molecule has 0 amide bonds. The van der Waals surface area contributed by atoms with Crippen molar-refractivity contribution in [2.45, 2.75) is 18.4 Å². The number of rotatable bonds is 2. The van der Waals surface area contributed by atoms with Crippen LogP contribution < -0.4 is 5.73 Å². The van der Waals surface area contributed by atoms with Crippen molar-refractivity contribution in [3.05, 3.63) is 65.0 Å². The Morgan fingerprint density at radius 3 is 1.91 bits per heavy atom. The second kappa shape index (κ2) is 6.76. The van der Waals surface area contributed by atoms with Gasteiger partial charge in [-0.1, -0.05) is 12.1 Å². The third-order valence-corrected chi connectivity index (χ3v) is 3.04. The first-order valence-electron chi connectivity index (χ1n) is 6.05. The maximum Gasteiger partial charge on any atom is 0.418 e. The second-order valence-corrected chi connectivity index (χ2v) is 4.53. The predicted octanol–water partition coefficient (Wildman–Crippen LogP) is 4.59. The van der Waals surface area contributed by atoms with Crippen LogP contribution in [0.3, 0.4) is 0 Å². The third kappa shape index (κ3) is 4.35. The largest absolute Gasteiger partial charge is 0.418 e. The van der Waals surface area contributed by atoms with Gasteiger partial charge in [0.25, 0.3) is 0 Å². The molecular formula is C14H11ClF6N2. The Labute approximate surface area is 133 Å². The van der Waals surface area contributed by atoms with Crippen molar-refractivity contribution in [3.8, 4) is 0 Å². The molecule has 0 saturated heterocycles. The zero-order valence-electron chi connectivity index (χ0n) is 11.3. The van der Waals surface area contributed by atoms with Crippen molar-refractivity contribution in [3.63, 3.8) is 0 Å². The van der Waals surface area contributed by atoms with Crippen molar-refractivity contribution in [1.82, 2.24) is 4.98 Å². The predicted molar refractivity (Wildman–Crippen MR) is 74.0 cm³/mol. The first-order chi connectivity index (χ1) is 10.1. The number of nitrogens with zero attached hydrogens (tertiary/aromatic N) is 1. The molecule has 2 nitrogen and oxygen atoms in total. The molecule has 0 radical (unpaired) electrons. The molecule has 0 spiro atoms. The summed E-state index contributed by atoms with van der Waals surface area (Å²) in [5.74, 6) is 0. The average molecular weight is 357 g/mol. The summed E-state index contributed by atoms with van der Waals surface area (Å²) in [7, 11) is 0. The minimum absolute atomic E-state index is 0.